The summed E-state index contributed by atoms with van der Waals surface area (Å²) in [5.74, 6) is 0. The summed E-state index contributed by atoms with van der Waals surface area (Å²) in [4.78, 5) is 9.42. The van der Waals surface area contributed by atoms with Crippen LogP contribution in [0.25, 0.3) is 64.4 Å². The van der Waals surface area contributed by atoms with E-state index in [0.29, 0.717) is 0 Å². The molecule has 3 aromatic heterocycles. The predicted octanol–water partition coefficient (Wildman–Crippen LogP) is 11.1. The van der Waals surface area contributed by atoms with E-state index in [-0.39, 0.29) is 25.5 Å². The predicted molar refractivity (Wildman–Crippen MR) is 184 cm³/mol. The minimum Gasteiger partial charge on any atom is -0.305 e. The van der Waals surface area contributed by atoms with Crippen LogP contribution in [0.3, 0.4) is 0 Å². The fourth-order valence-electron chi connectivity index (χ4n) is 5.66. The average molecular weight is 763 g/mol. The maximum atomic E-state index is 5.20. The summed E-state index contributed by atoms with van der Waals surface area (Å²) in [6, 6.07) is 48.6. The van der Waals surface area contributed by atoms with Gasteiger partial charge in [0.2, 0.25) is 0 Å². The van der Waals surface area contributed by atoms with Crippen molar-refractivity contribution in [2.75, 3.05) is 0 Å². The van der Waals surface area contributed by atoms with Gasteiger partial charge in [0.05, 0.1) is 5.52 Å². The number of rotatable bonds is 2. The Morgan fingerprint density at radius 3 is 2.14 bits per heavy atom. The number of hydrogen-bond donors (Lipinski definition) is 0. The standard InChI is InChI=1S/C29H22NS.C11H8N.Ir/c1-29(2,3)23-17-19(16-18-10-4-5-11-20(18)23)27-26-22-13-7-9-15-25(22)31-28(26)21-12-6-8-14-24(21)30-27;1-2-6-10(7-3-1)11-8-4-5-9-12-11;/h4-15,17H,1-3H3;1-6,8-9H;/q2*-1;. The molecule has 0 fully saturated rings. The summed E-state index contributed by atoms with van der Waals surface area (Å²) < 4.78 is 2.61. The number of hydrogen-bond acceptors (Lipinski definition) is 3. The molecule has 0 spiro atoms. The first-order valence-corrected chi connectivity index (χ1v) is 15.3. The largest absolute Gasteiger partial charge is 0.305 e. The van der Waals surface area contributed by atoms with Crippen LogP contribution < -0.4 is 0 Å². The van der Waals surface area contributed by atoms with Crippen LogP contribution in [-0.2, 0) is 25.5 Å². The molecule has 8 rings (SSSR count). The van der Waals surface area contributed by atoms with Crippen molar-refractivity contribution in [3.05, 3.63) is 145 Å². The van der Waals surface area contributed by atoms with Crippen molar-refractivity contribution in [2.24, 2.45) is 0 Å². The Morgan fingerprint density at radius 2 is 1.39 bits per heavy atom. The minimum absolute atomic E-state index is 0. The molecule has 0 aliphatic heterocycles. The van der Waals surface area contributed by atoms with Gasteiger partial charge in [0, 0.05) is 46.8 Å². The summed E-state index contributed by atoms with van der Waals surface area (Å²) in [5, 5.41) is 6.15. The van der Waals surface area contributed by atoms with Gasteiger partial charge in [-0.15, -0.1) is 76.4 Å². The number of aromatic nitrogens is 2. The number of thiophene rings is 1. The quantitative estimate of drug-likeness (QED) is 0.164. The average Bonchev–Trinajstić information content (AvgIpc) is 3.45. The van der Waals surface area contributed by atoms with Gasteiger partial charge in [-0.05, 0) is 40.1 Å². The molecule has 4 heteroatoms. The van der Waals surface area contributed by atoms with Crippen LogP contribution in [0.4, 0.5) is 0 Å². The van der Waals surface area contributed by atoms with E-state index in [1.54, 1.807) is 6.20 Å². The van der Waals surface area contributed by atoms with Crippen molar-refractivity contribution in [1.29, 1.82) is 0 Å². The zero-order valence-electron chi connectivity index (χ0n) is 24.8. The van der Waals surface area contributed by atoms with Crippen LogP contribution in [0.1, 0.15) is 26.3 Å². The van der Waals surface area contributed by atoms with Gasteiger partial charge in [-0.25, -0.2) is 0 Å². The summed E-state index contributed by atoms with van der Waals surface area (Å²) >= 11 is 1.86. The van der Waals surface area contributed by atoms with Gasteiger partial charge in [-0.3, -0.25) is 4.98 Å². The first kappa shape index (κ1) is 29.8. The molecule has 3 heterocycles. The molecule has 44 heavy (non-hydrogen) atoms. The second-order valence-electron chi connectivity index (χ2n) is 11.7. The normalized spacial score (nSPS) is 11.3. The van der Waals surface area contributed by atoms with E-state index >= 15 is 0 Å². The fraction of sp³-hybridized carbons (Fsp3) is 0.100. The van der Waals surface area contributed by atoms with Crippen molar-refractivity contribution in [1.82, 2.24) is 9.97 Å². The molecular weight excluding hydrogens is 733 g/mol. The zero-order valence-corrected chi connectivity index (χ0v) is 28.0. The van der Waals surface area contributed by atoms with Gasteiger partial charge in [0.25, 0.3) is 0 Å². The van der Waals surface area contributed by atoms with E-state index in [0.717, 1.165) is 33.4 Å². The Labute approximate surface area is 275 Å². The van der Waals surface area contributed by atoms with Crippen molar-refractivity contribution < 1.29 is 20.1 Å². The smallest absolute Gasteiger partial charge is 0.0632 e. The molecule has 8 aromatic rings. The Balaban J connectivity index is 0.000000222. The molecule has 0 saturated heterocycles. The third-order valence-corrected chi connectivity index (χ3v) is 8.91. The molecule has 0 N–H and O–H groups in total. The SMILES string of the molecule is CC(C)(C)c1cc(-c2nc3ccccc3c3sc4ccccc4c23)[c-]c2ccccc12.[Ir].[c-]1ccccc1-c1ccccn1. The molecule has 0 aliphatic carbocycles. The fourth-order valence-corrected chi connectivity index (χ4v) is 6.90. The molecule has 1 radical (unpaired) electrons. The summed E-state index contributed by atoms with van der Waals surface area (Å²) in [5.41, 5.74) is 6.51. The molecule has 217 valence electrons. The van der Waals surface area contributed by atoms with E-state index in [2.05, 4.69) is 117 Å². The first-order valence-electron chi connectivity index (χ1n) is 14.5. The summed E-state index contributed by atoms with van der Waals surface area (Å²) in [7, 11) is 0. The Hall–Kier alpha value is -4.21. The number of nitrogens with zero attached hydrogens (tertiary/aromatic N) is 2. The van der Waals surface area contributed by atoms with Crippen LogP contribution in [0.5, 0.6) is 0 Å². The van der Waals surface area contributed by atoms with E-state index in [1.165, 1.54) is 36.5 Å². The van der Waals surface area contributed by atoms with Gasteiger partial charge in [-0.2, -0.15) is 0 Å². The molecule has 5 aromatic carbocycles. The molecule has 0 atom stereocenters. The van der Waals surface area contributed by atoms with Gasteiger partial charge >= 0.3 is 0 Å². The molecule has 0 saturated carbocycles. The molecule has 0 unspecified atom stereocenters. The van der Waals surface area contributed by atoms with Crippen LogP contribution in [0.15, 0.2) is 128 Å². The maximum Gasteiger partial charge on any atom is 0.0632 e. The number of pyridine rings is 2. The summed E-state index contributed by atoms with van der Waals surface area (Å²) in [6.45, 7) is 6.84. The second kappa shape index (κ2) is 12.4. The number of benzene rings is 5. The molecule has 0 amide bonds. The van der Waals surface area contributed by atoms with Crippen LogP contribution in [0, 0.1) is 12.1 Å². The number of para-hydroxylation sites is 1. The number of fused-ring (bicyclic) bond motifs is 6. The van der Waals surface area contributed by atoms with Crippen molar-refractivity contribution >= 4 is 53.2 Å². The van der Waals surface area contributed by atoms with Gasteiger partial charge < -0.3 is 4.98 Å². The van der Waals surface area contributed by atoms with Crippen molar-refractivity contribution in [2.45, 2.75) is 26.2 Å². The Kier molecular flexibility index (Phi) is 8.42. The minimum atomic E-state index is 0. The van der Waals surface area contributed by atoms with Gasteiger partial charge in [0.15, 0.2) is 0 Å². The Morgan fingerprint density at radius 1 is 0.682 bits per heavy atom. The topological polar surface area (TPSA) is 25.8 Å². The van der Waals surface area contributed by atoms with E-state index in [4.69, 9.17) is 4.98 Å². The third kappa shape index (κ3) is 5.69. The van der Waals surface area contributed by atoms with Crippen molar-refractivity contribution in [3.8, 4) is 22.5 Å². The van der Waals surface area contributed by atoms with E-state index in [9.17, 15) is 0 Å². The maximum absolute atomic E-state index is 5.20. The monoisotopic (exact) mass is 763 g/mol. The molecule has 2 nitrogen and oxygen atoms in total. The van der Waals surface area contributed by atoms with Gasteiger partial charge in [-0.1, -0.05) is 98.5 Å². The van der Waals surface area contributed by atoms with Crippen LogP contribution in [0.2, 0.25) is 0 Å². The first-order chi connectivity index (χ1) is 21.0. The molecule has 0 bridgehead atoms. The van der Waals surface area contributed by atoms with Crippen molar-refractivity contribution in [3.63, 3.8) is 0 Å². The van der Waals surface area contributed by atoms with Crippen LogP contribution >= 0.6 is 11.3 Å². The summed E-state index contributed by atoms with van der Waals surface area (Å²) in [6.07, 6.45) is 1.79. The molecular formula is C40H30IrN2S-2. The van der Waals surface area contributed by atoms with Gasteiger partial charge in [0.1, 0.15) is 0 Å². The molecule has 0 aliphatic rings. The van der Waals surface area contributed by atoms with E-state index < -0.39 is 0 Å². The second-order valence-corrected chi connectivity index (χ2v) is 12.7. The Bertz CT molecular complexity index is 2180. The van der Waals surface area contributed by atoms with E-state index in [1.807, 2.05) is 53.8 Å². The third-order valence-electron chi connectivity index (χ3n) is 7.70. The zero-order chi connectivity index (χ0) is 29.4. The van der Waals surface area contributed by atoms with Crippen LogP contribution in [-0.4, -0.2) is 9.97 Å².